The molecular formula is C11H11Cl2Ti. The molecule has 73 valence electrons. The van der Waals surface area contributed by atoms with Crippen LogP contribution in [0.15, 0.2) is 29.8 Å². The van der Waals surface area contributed by atoms with Crippen molar-refractivity contribution in [3.8, 4) is 0 Å². The molecule has 0 bridgehead atoms. The molecule has 0 unspecified atom stereocenters. The van der Waals surface area contributed by atoms with Crippen LogP contribution in [0.1, 0.15) is 24.5 Å². The fraction of sp³-hybridized carbons (Fsp3) is 0.182. The number of hydrogen-bond acceptors (Lipinski definition) is 0. The fourth-order valence-corrected chi connectivity index (χ4v) is 1.42. The van der Waals surface area contributed by atoms with Crippen LogP contribution in [0.3, 0.4) is 0 Å². The zero-order valence-corrected chi connectivity index (χ0v) is 11.0. The summed E-state index contributed by atoms with van der Waals surface area (Å²) in [7, 11) is 9.78. The van der Waals surface area contributed by atoms with E-state index in [0.29, 0.717) is 0 Å². The van der Waals surface area contributed by atoms with E-state index in [9.17, 15) is 0 Å². The third kappa shape index (κ3) is 3.44. The normalized spacial score (nSPS) is 12.4. The summed E-state index contributed by atoms with van der Waals surface area (Å²) in [6.07, 6.45) is 5.65. The molecule has 0 saturated carbocycles. The Bertz CT molecular complexity index is 321. The third-order valence-electron chi connectivity index (χ3n) is 2.09. The molecule has 0 fully saturated rings. The summed E-state index contributed by atoms with van der Waals surface area (Å²) in [6.45, 7) is 2.19. The maximum absolute atomic E-state index is 4.89. The maximum atomic E-state index is 4.89. The van der Waals surface area contributed by atoms with Gasteiger partial charge < -0.3 is 0 Å². The van der Waals surface area contributed by atoms with Crippen molar-refractivity contribution in [2.45, 2.75) is 13.3 Å². The minimum absolute atomic E-state index is 0.556. The van der Waals surface area contributed by atoms with Gasteiger partial charge in [0.1, 0.15) is 0 Å². The van der Waals surface area contributed by atoms with E-state index in [4.69, 9.17) is 18.6 Å². The van der Waals surface area contributed by atoms with E-state index >= 15 is 0 Å². The predicted molar refractivity (Wildman–Crippen MR) is 59.8 cm³/mol. The summed E-state index contributed by atoms with van der Waals surface area (Å²) in [5.74, 6) is 0. The zero-order valence-electron chi connectivity index (χ0n) is 7.93. The molecule has 1 aromatic rings. The molecule has 1 aliphatic rings. The van der Waals surface area contributed by atoms with Crippen LogP contribution in [-0.2, 0) is 17.0 Å². The van der Waals surface area contributed by atoms with Crippen LogP contribution < -0.4 is 0 Å². The topological polar surface area (TPSA) is 0 Å². The summed E-state index contributed by atoms with van der Waals surface area (Å²) in [6, 6.07) is 8.49. The molecule has 1 aromatic carbocycles. The molecule has 0 saturated heterocycles. The van der Waals surface area contributed by atoms with E-state index < -0.39 is 17.0 Å². The average molecular weight is 262 g/mol. The van der Waals surface area contributed by atoms with E-state index in [2.05, 4.69) is 43.7 Å². The Balaban J connectivity index is 0.000000293. The molecule has 0 nitrogen and oxygen atoms in total. The number of benzene rings is 1. The van der Waals surface area contributed by atoms with Gasteiger partial charge in [-0.25, -0.2) is 0 Å². The number of allylic oxidation sites excluding steroid dienone is 1. The van der Waals surface area contributed by atoms with Gasteiger partial charge in [0.05, 0.1) is 0 Å². The summed E-state index contributed by atoms with van der Waals surface area (Å²) < 4.78 is 0. The molecule has 0 spiro atoms. The molecule has 0 amide bonds. The van der Waals surface area contributed by atoms with Crippen molar-refractivity contribution in [3.05, 3.63) is 47.4 Å². The van der Waals surface area contributed by atoms with Crippen molar-refractivity contribution in [2.75, 3.05) is 0 Å². The Morgan fingerprint density at radius 2 is 1.71 bits per heavy atom. The first kappa shape index (κ1) is 12.3. The Morgan fingerprint density at radius 3 is 2.21 bits per heavy atom. The number of halogens is 2. The van der Waals surface area contributed by atoms with Crippen molar-refractivity contribution >= 4 is 24.7 Å². The first-order valence-corrected chi connectivity index (χ1v) is 8.72. The molecule has 1 radical (unpaired) electrons. The van der Waals surface area contributed by atoms with E-state index in [1.54, 1.807) is 0 Å². The Labute approximate surface area is 102 Å². The first-order valence-electron chi connectivity index (χ1n) is 4.42. The van der Waals surface area contributed by atoms with Gasteiger partial charge in [0, 0.05) is 6.42 Å². The van der Waals surface area contributed by atoms with Crippen LogP contribution in [0.5, 0.6) is 0 Å². The van der Waals surface area contributed by atoms with Crippen LogP contribution >= 0.6 is 18.6 Å². The summed E-state index contributed by atoms with van der Waals surface area (Å²) >= 11 is -0.556. The number of fused-ring (bicyclic) bond motifs is 1. The van der Waals surface area contributed by atoms with Gasteiger partial charge >= 0.3 is 35.6 Å². The van der Waals surface area contributed by atoms with E-state index in [-0.39, 0.29) is 0 Å². The third-order valence-corrected chi connectivity index (χ3v) is 2.09. The molecule has 2 rings (SSSR count). The summed E-state index contributed by atoms with van der Waals surface area (Å²) in [4.78, 5) is 0. The molecule has 0 N–H and O–H groups in total. The van der Waals surface area contributed by atoms with Crippen LogP contribution in [0.4, 0.5) is 0 Å². The predicted octanol–water partition coefficient (Wildman–Crippen LogP) is 4.42. The second kappa shape index (κ2) is 6.69. The summed E-state index contributed by atoms with van der Waals surface area (Å²) in [5.41, 5.74) is 4.17. The van der Waals surface area contributed by atoms with Gasteiger partial charge in [0.15, 0.2) is 0 Å². The van der Waals surface area contributed by atoms with Gasteiger partial charge in [0.2, 0.25) is 0 Å². The first-order chi connectivity index (χ1) is 6.81. The van der Waals surface area contributed by atoms with Crippen LogP contribution in [0, 0.1) is 6.42 Å². The fourth-order valence-electron chi connectivity index (χ4n) is 1.42. The standard InChI is InChI=1S/C11H11.2ClH.Ti/c1-2-9-7-10-5-3-4-6-11(10)8-9;;;/h3-8H,2H2,1H3;2*1H;/q;;;+2/p-2. The van der Waals surface area contributed by atoms with E-state index in [1.165, 1.54) is 16.7 Å². The van der Waals surface area contributed by atoms with Gasteiger partial charge in [-0.1, -0.05) is 42.8 Å². The molecule has 14 heavy (non-hydrogen) atoms. The molecule has 0 aliphatic heterocycles. The quantitative estimate of drug-likeness (QED) is 0.657. The van der Waals surface area contributed by atoms with Crippen molar-refractivity contribution < 1.29 is 17.0 Å². The minimum atomic E-state index is -0.556. The van der Waals surface area contributed by atoms with Gasteiger partial charge in [0.25, 0.3) is 0 Å². The van der Waals surface area contributed by atoms with E-state index in [1.807, 2.05) is 0 Å². The van der Waals surface area contributed by atoms with Gasteiger partial charge in [-0.15, -0.1) is 0 Å². The monoisotopic (exact) mass is 261 g/mol. The molecule has 0 atom stereocenters. The Kier molecular flexibility index (Phi) is 5.89. The molecule has 1 aliphatic carbocycles. The number of hydrogen-bond donors (Lipinski definition) is 0. The second-order valence-corrected chi connectivity index (χ2v) is 5.50. The average Bonchev–Trinajstić information content (AvgIpc) is 2.61. The van der Waals surface area contributed by atoms with Crippen LogP contribution in [0.2, 0.25) is 0 Å². The zero-order chi connectivity index (χ0) is 10.4. The van der Waals surface area contributed by atoms with Crippen LogP contribution in [0.25, 0.3) is 6.08 Å². The van der Waals surface area contributed by atoms with Crippen LogP contribution in [-0.4, -0.2) is 0 Å². The van der Waals surface area contributed by atoms with Crippen molar-refractivity contribution in [3.63, 3.8) is 0 Å². The van der Waals surface area contributed by atoms with E-state index in [0.717, 1.165) is 6.42 Å². The van der Waals surface area contributed by atoms with Gasteiger partial charge in [-0.2, -0.15) is 0 Å². The van der Waals surface area contributed by atoms with Crippen molar-refractivity contribution in [1.29, 1.82) is 0 Å². The molecule has 0 heterocycles. The van der Waals surface area contributed by atoms with Crippen molar-refractivity contribution in [1.82, 2.24) is 0 Å². The second-order valence-electron chi connectivity index (χ2n) is 2.92. The Morgan fingerprint density at radius 1 is 1.14 bits per heavy atom. The summed E-state index contributed by atoms with van der Waals surface area (Å²) in [5, 5.41) is 0. The SMILES string of the molecule is CCC1=Cc2ccccc2[CH]1.[Cl][Ti][Cl]. The molecule has 3 heteroatoms. The number of rotatable bonds is 1. The van der Waals surface area contributed by atoms with Crippen molar-refractivity contribution in [2.24, 2.45) is 0 Å². The van der Waals surface area contributed by atoms with Gasteiger partial charge in [-0.05, 0) is 17.5 Å². The Hall–Kier alpha value is 0.254. The van der Waals surface area contributed by atoms with Gasteiger partial charge in [-0.3, -0.25) is 0 Å². The molecule has 0 aromatic heterocycles. The molecular weight excluding hydrogens is 251 g/mol.